The molecule has 1 unspecified atom stereocenters. The predicted octanol–water partition coefficient (Wildman–Crippen LogP) is 3.52. The van der Waals surface area contributed by atoms with Gasteiger partial charge in [0.25, 0.3) is 0 Å². The average Bonchev–Trinajstić information content (AvgIpc) is 2.26. The number of aryl methyl sites for hydroxylation is 1. The van der Waals surface area contributed by atoms with Crippen molar-refractivity contribution >= 4 is 5.97 Å². The Bertz CT molecular complexity index is 352. The number of unbranched alkanes of at least 4 members (excludes halogenated alkanes) is 1. The summed E-state index contributed by atoms with van der Waals surface area (Å²) in [5.41, 5.74) is 2.04. The number of allylic oxidation sites excluding steroid dienone is 1. The van der Waals surface area contributed by atoms with E-state index < -0.39 is 5.97 Å². The highest BCUT2D eigenvalue weighted by atomic mass is 16.4. The summed E-state index contributed by atoms with van der Waals surface area (Å²) in [4.78, 5) is 11.2. The van der Waals surface area contributed by atoms with Crippen molar-refractivity contribution < 1.29 is 9.90 Å². The zero-order valence-electron chi connectivity index (χ0n) is 9.65. The summed E-state index contributed by atoms with van der Waals surface area (Å²) in [5, 5.41) is 9.17. The van der Waals surface area contributed by atoms with E-state index in [9.17, 15) is 4.79 Å². The van der Waals surface area contributed by atoms with Crippen molar-refractivity contribution in [2.24, 2.45) is 0 Å². The summed E-state index contributed by atoms with van der Waals surface area (Å²) in [6.07, 6.45) is 4.24. The number of hydrogen-bond donors (Lipinski definition) is 1. The summed E-state index contributed by atoms with van der Waals surface area (Å²) in [7, 11) is 0. The second-order valence-corrected chi connectivity index (χ2v) is 4.02. The molecule has 1 aromatic rings. The molecular formula is C14H18O2. The lowest BCUT2D eigenvalue weighted by molar-refractivity contribution is -0.139. The number of carboxylic acids is 1. The molecule has 0 amide bonds. The summed E-state index contributed by atoms with van der Waals surface area (Å²) < 4.78 is 0. The van der Waals surface area contributed by atoms with Crippen LogP contribution in [0.1, 0.15) is 36.3 Å². The van der Waals surface area contributed by atoms with Gasteiger partial charge < -0.3 is 5.11 Å². The number of rotatable bonds is 6. The van der Waals surface area contributed by atoms with Crippen molar-refractivity contribution in [1.29, 1.82) is 0 Å². The fourth-order valence-corrected chi connectivity index (χ4v) is 1.70. The van der Waals surface area contributed by atoms with Gasteiger partial charge in [-0.25, -0.2) is 0 Å². The topological polar surface area (TPSA) is 37.3 Å². The average molecular weight is 218 g/mol. The lowest BCUT2D eigenvalue weighted by atomic mass is 9.93. The van der Waals surface area contributed by atoms with Crippen molar-refractivity contribution in [2.45, 2.75) is 32.1 Å². The molecule has 0 spiro atoms. The van der Waals surface area contributed by atoms with Crippen molar-refractivity contribution in [3.63, 3.8) is 0 Å². The Morgan fingerprint density at radius 1 is 1.44 bits per heavy atom. The molecule has 0 fully saturated rings. The largest absolute Gasteiger partial charge is 0.481 e. The SMILES string of the molecule is C=CCCCC(C(=O)O)c1ccc(C)cc1. The number of benzene rings is 1. The Hall–Kier alpha value is -1.57. The molecule has 0 bridgehead atoms. The van der Waals surface area contributed by atoms with Crippen LogP contribution in [0.5, 0.6) is 0 Å². The summed E-state index contributed by atoms with van der Waals surface area (Å²) in [5.74, 6) is -1.13. The molecule has 16 heavy (non-hydrogen) atoms. The van der Waals surface area contributed by atoms with E-state index in [0.717, 1.165) is 24.0 Å². The van der Waals surface area contributed by atoms with Crippen LogP contribution in [0.25, 0.3) is 0 Å². The van der Waals surface area contributed by atoms with Crippen LogP contribution >= 0.6 is 0 Å². The highest BCUT2D eigenvalue weighted by molar-refractivity contribution is 5.76. The number of aliphatic carboxylic acids is 1. The molecule has 0 saturated heterocycles. The monoisotopic (exact) mass is 218 g/mol. The number of carboxylic acid groups (broad SMARTS) is 1. The Balaban J connectivity index is 2.73. The summed E-state index contributed by atoms with van der Waals surface area (Å²) >= 11 is 0. The third-order valence-corrected chi connectivity index (χ3v) is 2.68. The van der Waals surface area contributed by atoms with Gasteiger partial charge in [-0.15, -0.1) is 6.58 Å². The van der Waals surface area contributed by atoms with Gasteiger partial charge in [0.15, 0.2) is 0 Å². The summed E-state index contributed by atoms with van der Waals surface area (Å²) in [6, 6.07) is 7.72. The van der Waals surface area contributed by atoms with Crippen LogP contribution in [0.2, 0.25) is 0 Å². The van der Waals surface area contributed by atoms with E-state index >= 15 is 0 Å². The molecule has 0 aliphatic carbocycles. The fraction of sp³-hybridized carbons (Fsp3) is 0.357. The Morgan fingerprint density at radius 3 is 2.56 bits per heavy atom. The Labute approximate surface area is 96.6 Å². The molecule has 86 valence electrons. The van der Waals surface area contributed by atoms with Gasteiger partial charge in [0, 0.05) is 0 Å². The minimum Gasteiger partial charge on any atom is -0.481 e. The first-order valence-corrected chi connectivity index (χ1v) is 5.55. The van der Waals surface area contributed by atoms with E-state index in [1.165, 1.54) is 0 Å². The molecule has 0 aliphatic rings. The van der Waals surface area contributed by atoms with E-state index in [-0.39, 0.29) is 5.92 Å². The van der Waals surface area contributed by atoms with Crippen LogP contribution in [-0.4, -0.2) is 11.1 Å². The van der Waals surface area contributed by atoms with Gasteiger partial charge in [0.2, 0.25) is 0 Å². The minimum atomic E-state index is -0.743. The maximum atomic E-state index is 11.2. The van der Waals surface area contributed by atoms with Crippen LogP contribution in [0.3, 0.4) is 0 Å². The standard InChI is InChI=1S/C14H18O2/c1-3-4-5-6-13(14(15)16)12-9-7-11(2)8-10-12/h3,7-10,13H,1,4-6H2,2H3,(H,15,16). The van der Waals surface area contributed by atoms with E-state index in [2.05, 4.69) is 6.58 Å². The molecule has 2 heteroatoms. The predicted molar refractivity (Wildman–Crippen MR) is 65.6 cm³/mol. The quantitative estimate of drug-likeness (QED) is 0.586. The highest BCUT2D eigenvalue weighted by Gasteiger charge is 2.18. The normalized spacial score (nSPS) is 12.1. The van der Waals surface area contributed by atoms with Crippen LogP contribution in [0.15, 0.2) is 36.9 Å². The van der Waals surface area contributed by atoms with E-state index in [1.54, 1.807) is 0 Å². The Morgan fingerprint density at radius 2 is 2.06 bits per heavy atom. The lowest BCUT2D eigenvalue weighted by Gasteiger charge is -2.12. The van der Waals surface area contributed by atoms with Gasteiger partial charge in [-0.3, -0.25) is 4.79 Å². The molecular weight excluding hydrogens is 200 g/mol. The van der Waals surface area contributed by atoms with Gasteiger partial charge in [-0.1, -0.05) is 35.9 Å². The molecule has 1 atom stereocenters. The van der Waals surface area contributed by atoms with E-state index in [1.807, 2.05) is 37.3 Å². The first kappa shape index (κ1) is 12.5. The molecule has 1 aromatic carbocycles. The minimum absolute atomic E-state index is 0.388. The number of hydrogen-bond acceptors (Lipinski definition) is 1. The van der Waals surface area contributed by atoms with E-state index in [0.29, 0.717) is 6.42 Å². The van der Waals surface area contributed by atoms with Crippen LogP contribution < -0.4 is 0 Å². The van der Waals surface area contributed by atoms with Crippen LogP contribution in [-0.2, 0) is 4.79 Å². The first-order chi connectivity index (χ1) is 7.65. The maximum absolute atomic E-state index is 11.2. The van der Waals surface area contributed by atoms with Crippen LogP contribution in [0.4, 0.5) is 0 Å². The zero-order valence-corrected chi connectivity index (χ0v) is 9.65. The third kappa shape index (κ3) is 3.54. The number of carbonyl (C=O) groups is 1. The zero-order chi connectivity index (χ0) is 12.0. The second-order valence-electron chi connectivity index (χ2n) is 4.02. The molecule has 0 saturated carbocycles. The smallest absolute Gasteiger partial charge is 0.310 e. The molecule has 2 nitrogen and oxygen atoms in total. The van der Waals surface area contributed by atoms with Gasteiger partial charge in [-0.05, 0) is 31.7 Å². The molecule has 0 heterocycles. The third-order valence-electron chi connectivity index (χ3n) is 2.68. The second kappa shape index (κ2) is 6.11. The van der Waals surface area contributed by atoms with Crippen molar-refractivity contribution in [1.82, 2.24) is 0 Å². The summed E-state index contributed by atoms with van der Waals surface area (Å²) in [6.45, 7) is 5.64. The van der Waals surface area contributed by atoms with Crippen LogP contribution in [0, 0.1) is 6.92 Å². The molecule has 0 radical (unpaired) electrons. The van der Waals surface area contributed by atoms with Crippen molar-refractivity contribution in [3.8, 4) is 0 Å². The molecule has 1 N–H and O–H groups in total. The molecule has 0 aliphatic heterocycles. The first-order valence-electron chi connectivity index (χ1n) is 5.55. The van der Waals surface area contributed by atoms with Gasteiger partial charge in [0.05, 0.1) is 5.92 Å². The molecule has 0 aromatic heterocycles. The Kier molecular flexibility index (Phi) is 4.77. The highest BCUT2D eigenvalue weighted by Crippen LogP contribution is 2.22. The fourth-order valence-electron chi connectivity index (χ4n) is 1.70. The van der Waals surface area contributed by atoms with E-state index in [4.69, 9.17) is 5.11 Å². The van der Waals surface area contributed by atoms with Gasteiger partial charge in [-0.2, -0.15) is 0 Å². The van der Waals surface area contributed by atoms with Crippen molar-refractivity contribution in [3.05, 3.63) is 48.0 Å². The van der Waals surface area contributed by atoms with Gasteiger partial charge in [0.1, 0.15) is 0 Å². The maximum Gasteiger partial charge on any atom is 0.310 e. The van der Waals surface area contributed by atoms with Gasteiger partial charge >= 0.3 is 5.97 Å². The lowest BCUT2D eigenvalue weighted by Crippen LogP contribution is -2.11. The van der Waals surface area contributed by atoms with Crippen molar-refractivity contribution in [2.75, 3.05) is 0 Å². The molecule has 1 rings (SSSR count).